The maximum absolute atomic E-state index is 11.2. The molecule has 1 amide bonds. The summed E-state index contributed by atoms with van der Waals surface area (Å²) in [7, 11) is 0. The zero-order valence-corrected chi connectivity index (χ0v) is 19.4. The summed E-state index contributed by atoms with van der Waals surface area (Å²) in [5.41, 5.74) is 2.19. The highest BCUT2D eigenvalue weighted by molar-refractivity contribution is 6.42. The number of hydrogen-bond donors (Lipinski definition) is 1. The van der Waals surface area contributed by atoms with Crippen molar-refractivity contribution < 1.29 is 4.79 Å². The van der Waals surface area contributed by atoms with Crippen LogP contribution in [0.4, 0.5) is 0 Å². The molecule has 1 fully saturated rings. The van der Waals surface area contributed by atoms with Crippen LogP contribution in [0.25, 0.3) is 0 Å². The van der Waals surface area contributed by atoms with E-state index >= 15 is 0 Å². The predicted molar refractivity (Wildman–Crippen MR) is 126 cm³/mol. The fourth-order valence-corrected chi connectivity index (χ4v) is 4.91. The van der Waals surface area contributed by atoms with Crippen molar-refractivity contribution in [3.63, 3.8) is 0 Å². The van der Waals surface area contributed by atoms with Crippen molar-refractivity contribution >= 4 is 29.6 Å². The summed E-state index contributed by atoms with van der Waals surface area (Å²) in [6, 6.07) is 16.6. The Morgan fingerprint density at radius 3 is 2.43 bits per heavy atom. The number of amides is 1. The Balaban J connectivity index is 1.59. The average Bonchev–Trinajstić information content (AvgIpc) is 2.72. The molecule has 1 aliphatic heterocycles. The van der Waals surface area contributed by atoms with E-state index in [9.17, 15) is 4.79 Å². The van der Waals surface area contributed by atoms with Crippen molar-refractivity contribution in [1.29, 1.82) is 0 Å². The van der Waals surface area contributed by atoms with E-state index in [2.05, 4.69) is 54.4 Å². The molecule has 3 rings (SSSR count). The van der Waals surface area contributed by atoms with Crippen LogP contribution in [0.15, 0.2) is 48.5 Å². The molecular formula is C25H32Cl2N2O. The summed E-state index contributed by atoms with van der Waals surface area (Å²) < 4.78 is 0. The smallest absolute Gasteiger partial charge is 0.207 e. The number of carbonyl (C=O) groups excluding carboxylic acids is 1. The molecule has 0 bridgehead atoms. The van der Waals surface area contributed by atoms with E-state index in [4.69, 9.17) is 23.2 Å². The minimum Gasteiger partial charge on any atom is -0.353 e. The lowest BCUT2D eigenvalue weighted by Gasteiger charge is -2.37. The SMILES string of the molecule is CC(C)(NC=O)C(CCN1CCC(Cc2ccccc2)CC1)c1ccc(Cl)c(Cl)c1. The van der Waals surface area contributed by atoms with Gasteiger partial charge >= 0.3 is 0 Å². The molecule has 1 atom stereocenters. The summed E-state index contributed by atoms with van der Waals surface area (Å²) in [5.74, 6) is 0.919. The topological polar surface area (TPSA) is 32.3 Å². The number of piperidine rings is 1. The van der Waals surface area contributed by atoms with E-state index in [-0.39, 0.29) is 11.5 Å². The van der Waals surface area contributed by atoms with Crippen LogP contribution in [-0.4, -0.2) is 36.5 Å². The molecule has 162 valence electrons. The van der Waals surface area contributed by atoms with Gasteiger partial charge in [-0.3, -0.25) is 4.79 Å². The first-order valence-corrected chi connectivity index (χ1v) is 11.6. The minimum atomic E-state index is -0.370. The first-order valence-electron chi connectivity index (χ1n) is 10.8. The van der Waals surface area contributed by atoms with Crippen LogP contribution in [0.1, 0.15) is 50.2 Å². The molecule has 1 unspecified atom stereocenters. The van der Waals surface area contributed by atoms with Crippen molar-refractivity contribution in [2.75, 3.05) is 19.6 Å². The summed E-state index contributed by atoms with van der Waals surface area (Å²) >= 11 is 12.4. The Bertz CT molecular complexity index is 817. The molecule has 1 saturated heterocycles. The van der Waals surface area contributed by atoms with Gasteiger partial charge in [-0.2, -0.15) is 0 Å². The van der Waals surface area contributed by atoms with E-state index in [0.717, 1.165) is 43.9 Å². The molecule has 1 heterocycles. The zero-order chi connectivity index (χ0) is 21.6. The lowest BCUT2D eigenvalue weighted by Crippen LogP contribution is -2.45. The standard InChI is InChI=1S/C25H32Cl2N2O/c1-25(2,28-18-30)22(21-8-9-23(26)24(27)17-21)12-15-29-13-10-20(11-14-29)16-19-6-4-3-5-7-19/h3-9,17-18,20,22H,10-16H2,1-2H3,(H,28,30). The van der Waals surface area contributed by atoms with E-state index < -0.39 is 0 Å². The highest BCUT2D eigenvalue weighted by atomic mass is 35.5. The molecule has 2 aromatic rings. The van der Waals surface area contributed by atoms with Gasteiger partial charge in [-0.15, -0.1) is 0 Å². The van der Waals surface area contributed by atoms with Crippen LogP contribution in [0.2, 0.25) is 10.0 Å². The molecular weight excluding hydrogens is 415 g/mol. The van der Waals surface area contributed by atoms with Crippen LogP contribution in [0.3, 0.4) is 0 Å². The van der Waals surface area contributed by atoms with Gasteiger partial charge in [-0.1, -0.05) is 59.6 Å². The van der Waals surface area contributed by atoms with Crippen molar-refractivity contribution in [2.45, 2.75) is 51.0 Å². The van der Waals surface area contributed by atoms with Gasteiger partial charge in [0, 0.05) is 11.5 Å². The lowest BCUT2D eigenvalue weighted by atomic mass is 9.79. The van der Waals surface area contributed by atoms with Gasteiger partial charge < -0.3 is 10.2 Å². The molecule has 0 radical (unpaired) electrons. The summed E-state index contributed by atoms with van der Waals surface area (Å²) in [4.78, 5) is 13.8. The molecule has 30 heavy (non-hydrogen) atoms. The fraction of sp³-hybridized carbons (Fsp3) is 0.480. The number of benzene rings is 2. The number of rotatable bonds is 9. The maximum Gasteiger partial charge on any atom is 0.207 e. The van der Waals surface area contributed by atoms with Gasteiger partial charge in [-0.05, 0) is 88.3 Å². The van der Waals surface area contributed by atoms with Gasteiger partial charge in [0.05, 0.1) is 10.0 Å². The highest BCUT2D eigenvalue weighted by Crippen LogP contribution is 2.35. The molecule has 5 heteroatoms. The fourth-order valence-electron chi connectivity index (χ4n) is 4.60. The first kappa shape index (κ1) is 23.1. The third kappa shape index (κ3) is 6.23. The summed E-state index contributed by atoms with van der Waals surface area (Å²) in [6.07, 6.45) is 5.40. The average molecular weight is 447 g/mol. The van der Waals surface area contributed by atoms with E-state index in [1.807, 2.05) is 18.2 Å². The minimum absolute atomic E-state index is 0.152. The monoisotopic (exact) mass is 446 g/mol. The highest BCUT2D eigenvalue weighted by Gasteiger charge is 2.31. The second-order valence-electron chi connectivity index (χ2n) is 8.97. The van der Waals surface area contributed by atoms with Crippen LogP contribution < -0.4 is 5.32 Å². The Labute approximate surface area is 190 Å². The Kier molecular flexibility index (Phi) is 8.21. The second-order valence-corrected chi connectivity index (χ2v) is 9.79. The normalized spacial score (nSPS) is 16.9. The Morgan fingerprint density at radius 1 is 1.10 bits per heavy atom. The van der Waals surface area contributed by atoms with Crippen molar-refractivity contribution in [1.82, 2.24) is 10.2 Å². The van der Waals surface area contributed by atoms with E-state index in [0.29, 0.717) is 10.0 Å². The summed E-state index contributed by atoms with van der Waals surface area (Å²) in [6.45, 7) is 7.41. The summed E-state index contributed by atoms with van der Waals surface area (Å²) in [5, 5.41) is 4.12. The zero-order valence-electron chi connectivity index (χ0n) is 17.9. The van der Waals surface area contributed by atoms with Crippen LogP contribution in [-0.2, 0) is 11.2 Å². The van der Waals surface area contributed by atoms with Crippen LogP contribution in [0, 0.1) is 5.92 Å². The quantitative estimate of drug-likeness (QED) is 0.482. The maximum atomic E-state index is 11.2. The molecule has 3 nitrogen and oxygen atoms in total. The largest absolute Gasteiger partial charge is 0.353 e. The van der Waals surface area contributed by atoms with Gasteiger partial charge in [0.25, 0.3) is 0 Å². The van der Waals surface area contributed by atoms with E-state index in [1.54, 1.807) is 0 Å². The molecule has 0 saturated carbocycles. The molecule has 1 N–H and O–H groups in total. The van der Waals surface area contributed by atoms with Gasteiger partial charge in [0.15, 0.2) is 0 Å². The van der Waals surface area contributed by atoms with Gasteiger partial charge in [0.1, 0.15) is 0 Å². The van der Waals surface area contributed by atoms with Crippen LogP contribution >= 0.6 is 23.2 Å². The Morgan fingerprint density at radius 2 is 1.80 bits per heavy atom. The third-order valence-corrected chi connectivity index (χ3v) is 7.20. The molecule has 2 aromatic carbocycles. The number of nitrogens with one attached hydrogen (secondary N) is 1. The number of halogens is 2. The number of likely N-dealkylation sites (tertiary alicyclic amines) is 1. The Hall–Kier alpha value is -1.55. The van der Waals surface area contributed by atoms with Gasteiger partial charge in [0.2, 0.25) is 6.41 Å². The number of carbonyl (C=O) groups is 1. The van der Waals surface area contributed by atoms with Crippen LogP contribution in [0.5, 0.6) is 0 Å². The number of hydrogen-bond acceptors (Lipinski definition) is 2. The molecule has 0 aromatic heterocycles. The number of nitrogens with zero attached hydrogens (tertiary/aromatic N) is 1. The molecule has 0 spiro atoms. The lowest BCUT2D eigenvalue weighted by molar-refractivity contribution is -0.111. The second kappa shape index (κ2) is 10.7. The predicted octanol–water partition coefficient (Wildman–Crippen LogP) is 5.95. The van der Waals surface area contributed by atoms with Crippen molar-refractivity contribution in [3.8, 4) is 0 Å². The van der Waals surface area contributed by atoms with Crippen molar-refractivity contribution in [3.05, 3.63) is 69.7 Å². The molecule has 1 aliphatic rings. The first-order chi connectivity index (χ1) is 14.4. The van der Waals surface area contributed by atoms with Crippen molar-refractivity contribution in [2.24, 2.45) is 5.92 Å². The van der Waals surface area contributed by atoms with Gasteiger partial charge in [-0.25, -0.2) is 0 Å². The third-order valence-electron chi connectivity index (χ3n) is 6.46. The van der Waals surface area contributed by atoms with E-state index in [1.165, 1.54) is 24.8 Å². The molecule has 0 aliphatic carbocycles.